The van der Waals surface area contributed by atoms with Crippen LogP contribution in [0.2, 0.25) is 5.02 Å². The molecule has 1 aromatic heterocycles. The van der Waals surface area contributed by atoms with Gasteiger partial charge in [0.05, 0.1) is 5.56 Å². The van der Waals surface area contributed by atoms with Crippen LogP contribution in [-0.2, 0) is 4.79 Å². The molecular weight excluding hydrogens is 462 g/mol. The monoisotopic (exact) mass is 499 g/mol. The van der Waals surface area contributed by atoms with Crippen LogP contribution in [0.4, 0.5) is 5.82 Å². The highest BCUT2D eigenvalue weighted by molar-refractivity contribution is 6.30. The summed E-state index contributed by atoms with van der Waals surface area (Å²) < 4.78 is 0. The molecule has 35 heavy (non-hydrogen) atoms. The predicted octanol–water partition coefficient (Wildman–Crippen LogP) is 3.27. The summed E-state index contributed by atoms with van der Waals surface area (Å²) in [6, 6.07) is 10.6. The number of piperidine rings is 1. The number of carbonyl (C=O) groups excluding carboxylic acids is 1. The number of halogens is 1. The first-order chi connectivity index (χ1) is 17.1. The van der Waals surface area contributed by atoms with Crippen molar-refractivity contribution in [3.63, 3.8) is 0 Å². The van der Waals surface area contributed by atoms with E-state index in [9.17, 15) is 0 Å². The largest absolute Gasteiger partial charge is 0.372 e. The summed E-state index contributed by atoms with van der Waals surface area (Å²) in [7, 11) is 1.87. The summed E-state index contributed by atoms with van der Waals surface area (Å²) in [5.41, 5.74) is 6.63. The second kappa shape index (κ2) is 14.0. The number of H-pyrrole nitrogens is 1. The molecule has 8 nitrogen and oxygen atoms in total. The zero-order valence-corrected chi connectivity index (χ0v) is 21.4. The normalized spacial score (nSPS) is 18.5. The maximum Gasteiger partial charge on any atom is 0.204 e. The third-order valence-corrected chi connectivity index (χ3v) is 7.26. The van der Waals surface area contributed by atoms with Crippen molar-refractivity contribution < 1.29 is 4.79 Å². The molecule has 1 atom stereocenters. The number of aromatic amines is 1. The summed E-state index contributed by atoms with van der Waals surface area (Å²) in [6.45, 7) is 11.4. The van der Waals surface area contributed by atoms with Gasteiger partial charge in [-0.15, -0.1) is 0 Å². The Morgan fingerprint density at radius 3 is 2.46 bits per heavy atom. The first kappa shape index (κ1) is 26.9. The van der Waals surface area contributed by atoms with Crippen molar-refractivity contribution in [1.82, 2.24) is 20.1 Å². The molecule has 9 heteroatoms. The van der Waals surface area contributed by atoms with E-state index in [0.29, 0.717) is 11.8 Å². The van der Waals surface area contributed by atoms with E-state index >= 15 is 0 Å². The molecule has 4 N–H and O–H groups in total. The first-order valence-corrected chi connectivity index (χ1v) is 12.7. The van der Waals surface area contributed by atoms with Gasteiger partial charge in [0, 0.05) is 57.5 Å². The molecular formula is C26H38ClN7O. The number of nitrogens with zero attached hydrogens (tertiary/aromatic N) is 4. The van der Waals surface area contributed by atoms with Crippen LogP contribution >= 0.6 is 11.6 Å². The minimum Gasteiger partial charge on any atom is -0.372 e. The zero-order chi connectivity index (χ0) is 25.0. The smallest absolute Gasteiger partial charge is 0.204 e. The Hall–Kier alpha value is -2.68. The molecule has 0 bridgehead atoms. The molecule has 0 aliphatic carbocycles. The van der Waals surface area contributed by atoms with Crippen molar-refractivity contribution in [1.29, 1.82) is 0 Å². The van der Waals surface area contributed by atoms with Crippen molar-refractivity contribution >= 4 is 36.4 Å². The van der Waals surface area contributed by atoms with E-state index in [1.165, 1.54) is 12.0 Å². The number of hydrogen-bond donors (Lipinski definition) is 3. The number of carbonyl (C=O) groups is 1. The summed E-state index contributed by atoms with van der Waals surface area (Å²) in [6.07, 6.45) is 5.68. The summed E-state index contributed by atoms with van der Waals surface area (Å²) in [5.74, 6) is 3.03. The van der Waals surface area contributed by atoms with E-state index in [0.717, 1.165) is 80.9 Å². The summed E-state index contributed by atoms with van der Waals surface area (Å²) in [4.78, 5) is 25.5. The topological polar surface area (TPSA) is 102 Å². The Labute approximate surface area is 213 Å². The number of aliphatic imine (C=N–C) groups is 2. The zero-order valence-electron chi connectivity index (χ0n) is 20.6. The van der Waals surface area contributed by atoms with Gasteiger partial charge in [0.15, 0.2) is 0 Å². The lowest BCUT2D eigenvalue weighted by Crippen LogP contribution is -2.44. The van der Waals surface area contributed by atoms with Gasteiger partial charge in [0.25, 0.3) is 0 Å². The molecule has 1 unspecified atom stereocenters. The standard InChI is InChI=1S/C25H35ClN6.CH3NO/c1-27-24-23(7-11-30-24)25(28-2)32-15-8-20(9-16-32)22(19-3-5-21(26)6-4-19)10-14-31-17-12-29-13-18-31;2-1-3/h3-7,11,20,22,29-30H,1,8-10,12-18H2,2H3;1H,(H2,2,3). The molecule has 0 saturated carbocycles. The van der Waals surface area contributed by atoms with E-state index in [-0.39, 0.29) is 6.41 Å². The highest BCUT2D eigenvalue weighted by Gasteiger charge is 2.30. The average molecular weight is 500 g/mol. The first-order valence-electron chi connectivity index (χ1n) is 12.3. The molecule has 0 spiro atoms. The highest BCUT2D eigenvalue weighted by Crippen LogP contribution is 2.36. The number of amidine groups is 1. The van der Waals surface area contributed by atoms with Crippen LogP contribution < -0.4 is 11.1 Å². The Bertz CT molecular complexity index is 945. The molecule has 4 rings (SSSR count). The second-order valence-electron chi connectivity index (χ2n) is 8.94. The lowest BCUT2D eigenvalue weighted by atomic mass is 9.78. The van der Waals surface area contributed by atoms with Gasteiger partial charge in [0.2, 0.25) is 6.41 Å². The lowest BCUT2D eigenvalue weighted by Gasteiger charge is -2.38. The predicted molar refractivity (Wildman–Crippen MR) is 145 cm³/mol. The molecule has 2 aromatic rings. The van der Waals surface area contributed by atoms with Crippen LogP contribution in [0.5, 0.6) is 0 Å². The molecule has 3 heterocycles. The van der Waals surface area contributed by atoms with Crippen LogP contribution in [0.25, 0.3) is 0 Å². The van der Waals surface area contributed by atoms with Crippen LogP contribution in [0.15, 0.2) is 46.5 Å². The Balaban J connectivity index is 0.00000108. The number of hydrogen-bond acceptors (Lipinski definition) is 5. The summed E-state index contributed by atoms with van der Waals surface area (Å²) in [5, 5.41) is 4.27. The van der Waals surface area contributed by atoms with Crippen LogP contribution in [0, 0.1) is 5.92 Å². The van der Waals surface area contributed by atoms with E-state index in [1.54, 1.807) is 0 Å². The molecule has 0 radical (unpaired) electrons. The third-order valence-electron chi connectivity index (χ3n) is 7.01. The van der Waals surface area contributed by atoms with Crippen LogP contribution in [0.3, 0.4) is 0 Å². The number of benzene rings is 1. The van der Waals surface area contributed by atoms with Gasteiger partial charge < -0.3 is 25.8 Å². The summed E-state index contributed by atoms with van der Waals surface area (Å²) >= 11 is 6.19. The minimum atomic E-state index is 0.250. The number of primary amides is 1. The minimum absolute atomic E-state index is 0.250. The van der Waals surface area contributed by atoms with Crippen molar-refractivity contribution in [2.45, 2.75) is 25.2 Å². The molecule has 1 amide bonds. The Morgan fingerprint density at radius 2 is 1.86 bits per heavy atom. The maximum atomic E-state index is 8.58. The maximum absolute atomic E-state index is 8.58. The Kier molecular flexibility index (Phi) is 10.8. The van der Waals surface area contributed by atoms with Gasteiger partial charge >= 0.3 is 0 Å². The van der Waals surface area contributed by atoms with Gasteiger partial charge in [-0.3, -0.25) is 9.79 Å². The van der Waals surface area contributed by atoms with Crippen molar-refractivity contribution in [3.8, 4) is 0 Å². The molecule has 190 valence electrons. The fraction of sp³-hybridized carbons (Fsp3) is 0.500. The van der Waals surface area contributed by atoms with E-state index in [4.69, 9.17) is 16.4 Å². The Morgan fingerprint density at radius 1 is 1.20 bits per heavy atom. The average Bonchev–Trinajstić information content (AvgIpc) is 3.36. The van der Waals surface area contributed by atoms with Gasteiger partial charge in [-0.2, -0.15) is 0 Å². The number of aromatic nitrogens is 1. The molecule has 1 aromatic carbocycles. The number of likely N-dealkylation sites (tertiary alicyclic amines) is 1. The highest BCUT2D eigenvalue weighted by atomic mass is 35.5. The number of piperazine rings is 1. The van der Waals surface area contributed by atoms with E-state index < -0.39 is 0 Å². The SMILES string of the molecule is C=Nc1[nH]ccc1C(=NC)N1CCC(C(CCN2CCNCC2)c2ccc(Cl)cc2)CC1.NC=O. The van der Waals surface area contributed by atoms with Gasteiger partial charge in [-0.05, 0) is 68.1 Å². The number of rotatable bonds is 7. The quantitative estimate of drug-likeness (QED) is 0.309. The second-order valence-corrected chi connectivity index (χ2v) is 9.38. The van der Waals surface area contributed by atoms with Gasteiger partial charge in [0.1, 0.15) is 11.7 Å². The van der Waals surface area contributed by atoms with E-state index in [1.807, 2.05) is 31.4 Å². The number of nitrogens with two attached hydrogens (primary N) is 1. The fourth-order valence-corrected chi connectivity index (χ4v) is 5.38. The van der Waals surface area contributed by atoms with Gasteiger partial charge in [-0.25, -0.2) is 4.99 Å². The molecule has 2 fully saturated rings. The van der Waals surface area contributed by atoms with Gasteiger partial charge in [-0.1, -0.05) is 23.7 Å². The van der Waals surface area contributed by atoms with Crippen molar-refractivity contribution in [2.75, 3.05) is 52.9 Å². The molecule has 2 aliphatic rings. The van der Waals surface area contributed by atoms with Crippen LogP contribution in [0.1, 0.15) is 36.3 Å². The van der Waals surface area contributed by atoms with Crippen molar-refractivity contribution in [3.05, 3.63) is 52.7 Å². The molecule has 2 saturated heterocycles. The number of amides is 1. The van der Waals surface area contributed by atoms with E-state index in [2.05, 4.69) is 54.7 Å². The van der Waals surface area contributed by atoms with Crippen molar-refractivity contribution in [2.24, 2.45) is 21.6 Å². The third kappa shape index (κ3) is 7.40. The lowest BCUT2D eigenvalue weighted by molar-refractivity contribution is -0.106. The van der Waals surface area contributed by atoms with Crippen LogP contribution in [-0.4, -0.2) is 86.6 Å². The molecule has 2 aliphatic heterocycles. The number of nitrogens with one attached hydrogen (secondary N) is 2. The fourth-order valence-electron chi connectivity index (χ4n) is 5.26.